The number of carbonyl (C=O) groups is 2. The van der Waals surface area contributed by atoms with Crippen LogP contribution < -0.4 is 10.1 Å². The van der Waals surface area contributed by atoms with Gasteiger partial charge >= 0.3 is 0 Å². The quantitative estimate of drug-likeness (QED) is 0.837. The lowest BCUT2D eigenvalue weighted by atomic mass is 10.1. The highest BCUT2D eigenvalue weighted by Gasteiger charge is 2.23. The molecule has 0 radical (unpaired) electrons. The summed E-state index contributed by atoms with van der Waals surface area (Å²) in [5.74, 6) is 0.380. The number of nitrogens with one attached hydrogen (secondary N) is 1. The number of aromatic nitrogens is 1. The minimum absolute atomic E-state index is 0.156. The molecule has 1 aromatic heterocycles. The zero-order valence-corrected chi connectivity index (χ0v) is 14.7. The lowest BCUT2D eigenvalue weighted by molar-refractivity contribution is -0.139. The van der Waals surface area contributed by atoms with Gasteiger partial charge in [0.25, 0.3) is 0 Å². The predicted octanol–water partition coefficient (Wildman–Crippen LogP) is 2.14. The van der Waals surface area contributed by atoms with Crippen molar-refractivity contribution in [3.8, 4) is 5.75 Å². The molecule has 0 saturated heterocycles. The number of hydrogen-bond acceptors (Lipinski definition) is 4. The topological polar surface area (TPSA) is 71.5 Å². The first-order valence-corrected chi connectivity index (χ1v) is 8.09. The maximum Gasteiger partial charge on any atom is 0.242 e. The number of rotatable bonds is 7. The lowest BCUT2D eigenvalue weighted by Crippen LogP contribution is -2.46. The van der Waals surface area contributed by atoms with Gasteiger partial charge in [0.2, 0.25) is 11.8 Å². The molecule has 0 saturated carbocycles. The SMILES string of the molecule is COc1ccc(CN(C(C)=O)[C@@H](C)C(=O)NCc2ccccn2)cc1. The molecule has 0 fully saturated rings. The van der Waals surface area contributed by atoms with Crippen molar-refractivity contribution >= 4 is 11.8 Å². The van der Waals surface area contributed by atoms with Gasteiger partial charge in [-0.15, -0.1) is 0 Å². The summed E-state index contributed by atoms with van der Waals surface area (Å²) in [6, 6.07) is 12.4. The van der Waals surface area contributed by atoms with Crippen molar-refractivity contribution in [1.82, 2.24) is 15.2 Å². The number of methoxy groups -OCH3 is 1. The highest BCUT2D eigenvalue weighted by Crippen LogP contribution is 2.14. The molecule has 1 atom stereocenters. The van der Waals surface area contributed by atoms with Gasteiger partial charge < -0.3 is 15.0 Å². The molecule has 1 N–H and O–H groups in total. The van der Waals surface area contributed by atoms with Crippen LogP contribution in [0.25, 0.3) is 0 Å². The van der Waals surface area contributed by atoms with Crippen LogP contribution in [0.4, 0.5) is 0 Å². The zero-order valence-electron chi connectivity index (χ0n) is 14.7. The van der Waals surface area contributed by atoms with E-state index in [0.717, 1.165) is 17.0 Å². The first-order chi connectivity index (χ1) is 12.0. The van der Waals surface area contributed by atoms with Crippen LogP contribution in [-0.4, -0.2) is 34.8 Å². The van der Waals surface area contributed by atoms with Crippen LogP contribution in [0.15, 0.2) is 48.7 Å². The molecule has 6 nitrogen and oxygen atoms in total. The van der Waals surface area contributed by atoms with Crippen molar-refractivity contribution in [2.45, 2.75) is 33.0 Å². The van der Waals surface area contributed by atoms with Gasteiger partial charge in [0.15, 0.2) is 0 Å². The van der Waals surface area contributed by atoms with Crippen LogP contribution >= 0.6 is 0 Å². The van der Waals surface area contributed by atoms with Crippen LogP contribution in [-0.2, 0) is 22.7 Å². The van der Waals surface area contributed by atoms with Gasteiger partial charge in [-0.3, -0.25) is 14.6 Å². The molecular formula is C19H23N3O3. The van der Waals surface area contributed by atoms with Gasteiger partial charge in [0.1, 0.15) is 11.8 Å². The maximum absolute atomic E-state index is 12.4. The number of amides is 2. The third-order valence-corrected chi connectivity index (χ3v) is 3.93. The molecule has 1 aromatic carbocycles. The van der Waals surface area contributed by atoms with Gasteiger partial charge in [-0.25, -0.2) is 0 Å². The molecule has 0 aliphatic heterocycles. The molecule has 2 amide bonds. The molecule has 0 aliphatic carbocycles. The Balaban J connectivity index is 1.99. The van der Waals surface area contributed by atoms with Crippen molar-refractivity contribution in [3.63, 3.8) is 0 Å². The smallest absolute Gasteiger partial charge is 0.242 e. The summed E-state index contributed by atoms with van der Waals surface area (Å²) >= 11 is 0. The Morgan fingerprint density at radius 3 is 2.48 bits per heavy atom. The Bertz CT molecular complexity index is 702. The van der Waals surface area contributed by atoms with E-state index in [4.69, 9.17) is 4.74 Å². The van der Waals surface area contributed by atoms with Crippen LogP contribution in [0.2, 0.25) is 0 Å². The fourth-order valence-corrected chi connectivity index (χ4v) is 2.42. The molecule has 1 heterocycles. The number of hydrogen-bond donors (Lipinski definition) is 1. The van der Waals surface area contributed by atoms with Gasteiger partial charge in [-0.05, 0) is 36.8 Å². The molecule has 0 unspecified atom stereocenters. The average molecular weight is 341 g/mol. The lowest BCUT2D eigenvalue weighted by Gasteiger charge is -2.27. The van der Waals surface area contributed by atoms with Crippen molar-refractivity contribution in [3.05, 3.63) is 59.9 Å². The molecule has 2 rings (SSSR count). The average Bonchev–Trinajstić information content (AvgIpc) is 2.64. The number of nitrogens with zero attached hydrogens (tertiary/aromatic N) is 2. The maximum atomic E-state index is 12.4. The fourth-order valence-electron chi connectivity index (χ4n) is 2.42. The van der Waals surface area contributed by atoms with Gasteiger partial charge in [-0.2, -0.15) is 0 Å². The first kappa shape index (κ1) is 18.4. The molecule has 0 spiro atoms. The van der Waals surface area contributed by atoms with E-state index in [2.05, 4.69) is 10.3 Å². The highest BCUT2D eigenvalue weighted by molar-refractivity contribution is 5.86. The van der Waals surface area contributed by atoms with Gasteiger partial charge in [0.05, 0.1) is 19.3 Å². The Morgan fingerprint density at radius 2 is 1.92 bits per heavy atom. The summed E-state index contributed by atoms with van der Waals surface area (Å²) < 4.78 is 5.13. The van der Waals surface area contributed by atoms with E-state index in [9.17, 15) is 9.59 Å². The van der Waals surface area contributed by atoms with E-state index >= 15 is 0 Å². The molecular weight excluding hydrogens is 318 g/mol. The monoisotopic (exact) mass is 341 g/mol. The first-order valence-electron chi connectivity index (χ1n) is 8.09. The number of pyridine rings is 1. The number of benzene rings is 1. The summed E-state index contributed by atoms with van der Waals surface area (Å²) in [6.07, 6.45) is 1.68. The van der Waals surface area contributed by atoms with Gasteiger partial charge in [-0.1, -0.05) is 18.2 Å². The van der Waals surface area contributed by atoms with E-state index in [1.807, 2.05) is 42.5 Å². The second kappa shape index (κ2) is 8.82. The molecule has 0 bridgehead atoms. The van der Waals surface area contributed by atoms with Crippen molar-refractivity contribution in [1.29, 1.82) is 0 Å². The fraction of sp³-hybridized carbons (Fsp3) is 0.316. The third-order valence-electron chi connectivity index (χ3n) is 3.93. The summed E-state index contributed by atoms with van der Waals surface area (Å²) in [7, 11) is 1.60. The van der Waals surface area contributed by atoms with Crippen molar-refractivity contribution in [2.24, 2.45) is 0 Å². The van der Waals surface area contributed by atoms with E-state index in [1.165, 1.54) is 11.8 Å². The summed E-state index contributed by atoms with van der Waals surface area (Å²) in [5, 5.41) is 2.82. The van der Waals surface area contributed by atoms with Crippen LogP contribution in [0.1, 0.15) is 25.1 Å². The van der Waals surface area contributed by atoms with Crippen molar-refractivity contribution in [2.75, 3.05) is 7.11 Å². The number of carbonyl (C=O) groups excluding carboxylic acids is 2. The second-order valence-electron chi connectivity index (χ2n) is 5.71. The largest absolute Gasteiger partial charge is 0.497 e. The van der Waals surface area contributed by atoms with Crippen LogP contribution in [0.3, 0.4) is 0 Å². The Hall–Kier alpha value is -2.89. The number of ether oxygens (including phenoxy) is 1. The standard InChI is InChI=1S/C19H23N3O3/c1-14(19(24)21-12-17-6-4-5-11-20-17)22(15(2)23)13-16-7-9-18(25-3)10-8-16/h4-11,14H,12-13H2,1-3H3,(H,21,24)/t14-/m0/s1. The second-order valence-corrected chi connectivity index (χ2v) is 5.71. The molecule has 0 aliphatic rings. The summed E-state index contributed by atoms with van der Waals surface area (Å²) in [5.41, 5.74) is 1.70. The molecule has 25 heavy (non-hydrogen) atoms. The Morgan fingerprint density at radius 1 is 1.20 bits per heavy atom. The normalized spacial score (nSPS) is 11.5. The minimum Gasteiger partial charge on any atom is -0.497 e. The summed E-state index contributed by atoms with van der Waals surface area (Å²) in [4.78, 5) is 30.1. The highest BCUT2D eigenvalue weighted by atomic mass is 16.5. The molecule has 2 aromatic rings. The Labute approximate surface area is 147 Å². The minimum atomic E-state index is -0.580. The van der Waals surface area contributed by atoms with Crippen LogP contribution in [0, 0.1) is 0 Å². The molecule has 6 heteroatoms. The Kier molecular flexibility index (Phi) is 6.51. The van der Waals surface area contributed by atoms with E-state index in [0.29, 0.717) is 13.1 Å². The van der Waals surface area contributed by atoms with E-state index in [-0.39, 0.29) is 11.8 Å². The van der Waals surface area contributed by atoms with Crippen molar-refractivity contribution < 1.29 is 14.3 Å². The predicted molar refractivity (Wildman–Crippen MR) is 94.8 cm³/mol. The third kappa shape index (κ3) is 5.31. The van der Waals surface area contributed by atoms with Gasteiger partial charge in [0, 0.05) is 19.7 Å². The van der Waals surface area contributed by atoms with E-state index in [1.54, 1.807) is 20.2 Å². The molecule has 132 valence electrons. The van der Waals surface area contributed by atoms with E-state index < -0.39 is 6.04 Å². The summed E-state index contributed by atoms with van der Waals surface area (Å²) in [6.45, 7) is 3.88. The zero-order chi connectivity index (χ0) is 18.2. The van der Waals surface area contributed by atoms with Crippen LogP contribution in [0.5, 0.6) is 5.75 Å².